The summed E-state index contributed by atoms with van der Waals surface area (Å²) in [6, 6.07) is 8.15. The highest BCUT2D eigenvalue weighted by Gasteiger charge is 2.20. The summed E-state index contributed by atoms with van der Waals surface area (Å²) in [7, 11) is 0. The van der Waals surface area contributed by atoms with Crippen molar-refractivity contribution in [2.24, 2.45) is 0 Å². The Morgan fingerprint density at radius 2 is 1.88 bits per heavy atom. The van der Waals surface area contributed by atoms with Gasteiger partial charge < -0.3 is 25.2 Å². The van der Waals surface area contributed by atoms with Crippen LogP contribution in [0.1, 0.15) is 19.8 Å². The maximum atomic E-state index is 12.3. The zero-order valence-electron chi connectivity index (χ0n) is 14.5. The Balaban J connectivity index is 1.60. The van der Waals surface area contributed by atoms with Crippen LogP contribution in [-0.2, 0) is 4.74 Å². The van der Waals surface area contributed by atoms with E-state index < -0.39 is 0 Å². The van der Waals surface area contributed by atoms with Crippen LogP contribution >= 0.6 is 0 Å². The topological polar surface area (TPSA) is 56.8 Å². The molecule has 2 fully saturated rings. The molecule has 6 nitrogen and oxygen atoms in total. The number of hydrogen-bond acceptors (Lipinski definition) is 4. The van der Waals surface area contributed by atoms with Crippen molar-refractivity contribution in [3.63, 3.8) is 0 Å². The average Bonchev–Trinajstić information content (AvgIpc) is 2.63. The number of para-hydroxylation sites is 2. The van der Waals surface area contributed by atoms with Crippen molar-refractivity contribution in [1.29, 1.82) is 0 Å². The molecule has 0 spiro atoms. The van der Waals surface area contributed by atoms with Gasteiger partial charge in [0.25, 0.3) is 0 Å². The van der Waals surface area contributed by atoms with Crippen molar-refractivity contribution in [3.05, 3.63) is 24.3 Å². The van der Waals surface area contributed by atoms with Crippen LogP contribution in [0.3, 0.4) is 0 Å². The third-order valence-corrected chi connectivity index (χ3v) is 4.87. The van der Waals surface area contributed by atoms with E-state index in [1.165, 1.54) is 0 Å². The number of amides is 2. The fourth-order valence-corrected chi connectivity index (χ4v) is 3.35. The molecule has 2 aliphatic heterocycles. The maximum Gasteiger partial charge on any atom is 0.319 e. The van der Waals surface area contributed by atoms with Gasteiger partial charge in [-0.05, 0) is 31.5 Å². The summed E-state index contributed by atoms with van der Waals surface area (Å²) in [5.41, 5.74) is 1.99. The van der Waals surface area contributed by atoms with E-state index in [4.69, 9.17) is 4.74 Å². The molecule has 3 rings (SSSR count). The Morgan fingerprint density at radius 3 is 2.58 bits per heavy atom. The van der Waals surface area contributed by atoms with Crippen LogP contribution in [0.25, 0.3) is 0 Å². The Bertz CT molecular complexity index is 538. The number of urea groups is 1. The number of anilines is 2. The van der Waals surface area contributed by atoms with E-state index in [1.807, 2.05) is 18.2 Å². The highest BCUT2D eigenvalue weighted by molar-refractivity contribution is 5.93. The van der Waals surface area contributed by atoms with Crippen LogP contribution in [0.2, 0.25) is 0 Å². The SMILES string of the molecule is CCN1CCN(c2ccccc2NC(=O)NC2CCOCC2)CC1. The number of benzene rings is 1. The quantitative estimate of drug-likeness (QED) is 0.887. The van der Waals surface area contributed by atoms with Crippen LogP contribution < -0.4 is 15.5 Å². The van der Waals surface area contributed by atoms with Gasteiger partial charge in [-0.25, -0.2) is 4.79 Å². The van der Waals surface area contributed by atoms with Gasteiger partial charge in [0.05, 0.1) is 11.4 Å². The minimum absolute atomic E-state index is 0.124. The zero-order valence-corrected chi connectivity index (χ0v) is 14.5. The average molecular weight is 332 g/mol. The lowest BCUT2D eigenvalue weighted by Gasteiger charge is -2.36. The summed E-state index contributed by atoms with van der Waals surface area (Å²) in [6.07, 6.45) is 1.77. The van der Waals surface area contributed by atoms with Gasteiger partial charge in [0.15, 0.2) is 0 Å². The van der Waals surface area contributed by atoms with Gasteiger partial charge in [-0.3, -0.25) is 0 Å². The molecule has 24 heavy (non-hydrogen) atoms. The number of nitrogens with zero attached hydrogens (tertiary/aromatic N) is 2. The molecule has 0 aromatic heterocycles. The summed E-state index contributed by atoms with van der Waals surface area (Å²) in [5.74, 6) is 0. The predicted octanol–water partition coefficient (Wildman–Crippen LogP) is 2.13. The molecule has 6 heteroatoms. The number of ether oxygens (including phenoxy) is 1. The molecule has 2 amide bonds. The smallest absolute Gasteiger partial charge is 0.319 e. The second-order valence-electron chi connectivity index (χ2n) is 6.42. The molecule has 1 aromatic carbocycles. The predicted molar refractivity (Wildman–Crippen MR) is 96.8 cm³/mol. The van der Waals surface area contributed by atoms with Crippen LogP contribution in [-0.4, -0.2) is 62.9 Å². The molecule has 2 aliphatic rings. The highest BCUT2D eigenvalue weighted by atomic mass is 16.5. The molecule has 0 radical (unpaired) electrons. The lowest BCUT2D eigenvalue weighted by atomic mass is 10.1. The monoisotopic (exact) mass is 332 g/mol. The molecular formula is C18H28N4O2. The number of hydrogen-bond donors (Lipinski definition) is 2. The number of carbonyl (C=O) groups excluding carboxylic acids is 1. The summed E-state index contributed by atoms with van der Waals surface area (Å²) in [5, 5.41) is 6.09. The number of rotatable bonds is 4. The first-order valence-corrected chi connectivity index (χ1v) is 8.98. The number of piperazine rings is 1. The van der Waals surface area contributed by atoms with Gasteiger partial charge in [-0.1, -0.05) is 19.1 Å². The molecule has 0 saturated carbocycles. The zero-order chi connectivity index (χ0) is 16.8. The van der Waals surface area contributed by atoms with E-state index >= 15 is 0 Å². The minimum Gasteiger partial charge on any atom is -0.381 e. The summed E-state index contributed by atoms with van der Waals surface area (Å²) in [4.78, 5) is 17.1. The van der Waals surface area contributed by atoms with E-state index in [1.54, 1.807) is 0 Å². The first-order chi connectivity index (χ1) is 11.8. The molecule has 2 N–H and O–H groups in total. The standard InChI is InChI=1S/C18H28N4O2/c1-2-21-9-11-22(12-10-21)17-6-4-3-5-16(17)20-18(23)19-15-7-13-24-14-8-15/h3-6,15H,2,7-14H2,1H3,(H2,19,20,23). The largest absolute Gasteiger partial charge is 0.381 e. The molecule has 0 aliphatic carbocycles. The normalized spacial score (nSPS) is 20.0. The second-order valence-corrected chi connectivity index (χ2v) is 6.42. The molecule has 0 unspecified atom stereocenters. The summed E-state index contributed by atoms with van der Waals surface area (Å²) < 4.78 is 5.33. The fraction of sp³-hybridized carbons (Fsp3) is 0.611. The third-order valence-electron chi connectivity index (χ3n) is 4.87. The van der Waals surface area contributed by atoms with Gasteiger partial charge in [0.1, 0.15) is 0 Å². The Labute approximate surface area is 144 Å². The lowest BCUT2D eigenvalue weighted by Crippen LogP contribution is -2.46. The van der Waals surface area contributed by atoms with Gasteiger partial charge in [-0.2, -0.15) is 0 Å². The maximum absolute atomic E-state index is 12.3. The number of carbonyl (C=O) groups is 1. The number of nitrogens with one attached hydrogen (secondary N) is 2. The van der Waals surface area contributed by atoms with Crippen molar-refractivity contribution < 1.29 is 9.53 Å². The van der Waals surface area contributed by atoms with E-state index in [9.17, 15) is 4.79 Å². The van der Waals surface area contributed by atoms with Gasteiger partial charge in [-0.15, -0.1) is 0 Å². The first kappa shape index (κ1) is 17.0. The van der Waals surface area contributed by atoms with Crippen molar-refractivity contribution in [2.45, 2.75) is 25.8 Å². The molecule has 2 saturated heterocycles. The van der Waals surface area contributed by atoms with E-state index in [0.29, 0.717) is 0 Å². The van der Waals surface area contributed by atoms with Crippen molar-refractivity contribution in [3.8, 4) is 0 Å². The summed E-state index contributed by atoms with van der Waals surface area (Å²) >= 11 is 0. The van der Waals surface area contributed by atoms with Crippen LogP contribution in [0, 0.1) is 0 Å². The molecule has 0 atom stereocenters. The highest BCUT2D eigenvalue weighted by Crippen LogP contribution is 2.26. The van der Waals surface area contributed by atoms with Crippen molar-refractivity contribution in [2.75, 3.05) is 56.2 Å². The van der Waals surface area contributed by atoms with Crippen LogP contribution in [0.15, 0.2) is 24.3 Å². The van der Waals surface area contributed by atoms with Gasteiger partial charge in [0.2, 0.25) is 0 Å². The van der Waals surface area contributed by atoms with E-state index in [0.717, 1.165) is 70.2 Å². The Kier molecular flexibility index (Phi) is 5.93. The van der Waals surface area contributed by atoms with Crippen molar-refractivity contribution in [1.82, 2.24) is 10.2 Å². The van der Waals surface area contributed by atoms with E-state index in [-0.39, 0.29) is 12.1 Å². The van der Waals surface area contributed by atoms with Crippen molar-refractivity contribution >= 4 is 17.4 Å². The van der Waals surface area contributed by atoms with Gasteiger partial charge in [0, 0.05) is 45.4 Å². The molecule has 2 heterocycles. The van der Waals surface area contributed by atoms with E-state index in [2.05, 4.69) is 33.4 Å². The third kappa shape index (κ3) is 4.39. The molecule has 0 bridgehead atoms. The van der Waals surface area contributed by atoms with Crippen LogP contribution in [0.5, 0.6) is 0 Å². The lowest BCUT2D eigenvalue weighted by molar-refractivity contribution is 0.0806. The van der Waals surface area contributed by atoms with Crippen LogP contribution in [0.4, 0.5) is 16.2 Å². The van der Waals surface area contributed by atoms with Gasteiger partial charge >= 0.3 is 6.03 Å². The summed E-state index contributed by atoms with van der Waals surface area (Å²) in [6.45, 7) is 8.87. The Hall–Kier alpha value is -1.79. The Morgan fingerprint density at radius 1 is 1.17 bits per heavy atom. The second kappa shape index (κ2) is 8.35. The molecule has 132 valence electrons. The molecular weight excluding hydrogens is 304 g/mol. The minimum atomic E-state index is -0.124. The number of likely N-dealkylation sites (N-methyl/N-ethyl adjacent to an activating group) is 1. The molecule has 1 aromatic rings. The fourth-order valence-electron chi connectivity index (χ4n) is 3.35. The first-order valence-electron chi connectivity index (χ1n) is 8.98.